The maximum atomic E-state index is 13.7. The highest BCUT2D eigenvalue weighted by atomic mass is 35.5. The lowest BCUT2D eigenvalue weighted by Crippen LogP contribution is -2.45. The average Bonchev–Trinajstić information content (AvgIpc) is 3.23. The summed E-state index contributed by atoms with van der Waals surface area (Å²) in [6, 6.07) is 13.1. The van der Waals surface area contributed by atoms with Crippen molar-refractivity contribution >= 4 is 40.2 Å². The van der Waals surface area contributed by atoms with E-state index in [9.17, 15) is 19.2 Å². The second kappa shape index (κ2) is 8.69. The van der Waals surface area contributed by atoms with Gasteiger partial charge in [-0.15, -0.1) is 0 Å². The van der Waals surface area contributed by atoms with Crippen LogP contribution in [-0.2, 0) is 4.79 Å². The molecule has 0 saturated heterocycles. The molecular weight excluding hydrogens is 439 g/mol. The summed E-state index contributed by atoms with van der Waals surface area (Å²) in [5, 5.41) is 12.9. The molecule has 0 radical (unpaired) electrons. The number of benzene rings is 2. The lowest BCUT2D eigenvalue weighted by atomic mass is 10.0. The summed E-state index contributed by atoms with van der Waals surface area (Å²) in [7, 11) is 0. The van der Waals surface area contributed by atoms with Gasteiger partial charge in [-0.2, -0.15) is 5.26 Å². The van der Waals surface area contributed by atoms with Crippen molar-refractivity contribution in [2.45, 2.75) is 36.4 Å². The first-order valence-electron chi connectivity index (χ1n) is 9.75. The number of para-hydroxylation sites is 1. The summed E-state index contributed by atoms with van der Waals surface area (Å²) in [4.78, 5) is 30.3. The predicted octanol–water partition coefficient (Wildman–Crippen LogP) is 4.22. The molecule has 1 saturated carbocycles. The Morgan fingerprint density at radius 3 is 2.74 bits per heavy atom. The van der Waals surface area contributed by atoms with Crippen LogP contribution in [0.15, 0.2) is 52.4 Å². The molecule has 1 N–H and O–H groups in total. The Morgan fingerprint density at radius 2 is 2.03 bits per heavy atom. The number of thioether (sulfide) groups is 1. The SMILES string of the molecule is N#CC1(NC(=O)CSc2nc3ccccc3c(=O)n2-c2ccc(F)c(Cl)c2)CCCC1. The number of aromatic nitrogens is 2. The van der Waals surface area contributed by atoms with Crippen molar-refractivity contribution < 1.29 is 9.18 Å². The number of rotatable bonds is 5. The zero-order valence-electron chi connectivity index (χ0n) is 16.4. The van der Waals surface area contributed by atoms with Crippen LogP contribution < -0.4 is 10.9 Å². The molecule has 0 unspecified atom stereocenters. The van der Waals surface area contributed by atoms with E-state index in [0.29, 0.717) is 29.4 Å². The number of amides is 1. The Hall–Kier alpha value is -2.89. The van der Waals surface area contributed by atoms with E-state index in [-0.39, 0.29) is 27.4 Å². The van der Waals surface area contributed by atoms with Crippen molar-refractivity contribution in [3.63, 3.8) is 0 Å². The van der Waals surface area contributed by atoms with Crippen molar-refractivity contribution in [2.75, 3.05) is 5.75 Å². The Bertz CT molecular complexity index is 1260. The maximum Gasteiger partial charge on any atom is 0.266 e. The quantitative estimate of drug-likeness (QED) is 0.458. The number of nitrogens with zero attached hydrogens (tertiary/aromatic N) is 3. The van der Waals surface area contributed by atoms with Gasteiger partial charge in [0, 0.05) is 0 Å². The van der Waals surface area contributed by atoms with Gasteiger partial charge in [-0.1, -0.05) is 35.5 Å². The van der Waals surface area contributed by atoms with Crippen LogP contribution >= 0.6 is 23.4 Å². The molecule has 1 aromatic heterocycles. The highest BCUT2D eigenvalue weighted by Gasteiger charge is 2.35. The first-order chi connectivity index (χ1) is 14.9. The van der Waals surface area contributed by atoms with Gasteiger partial charge in [-0.05, 0) is 56.0 Å². The van der Waals surface area contributed by atoms with Crippen molar-refractivity contribution in [2.24, 2.45) is 0 Å². The van der Waals surface area contributed by atoms with E-state index >= 15 is 0 Å². The van der Waals surface area contributed by atoms with Gasteiger partial charge in [-0.25, -0.2) is 9.37 Å². The van der Waals surface area contributed by atoms with Gasteiger partial charge in [0.15, 0.2) is 5.16 Å². The predicted molar refractivity (Wildman–Crippen MR) is 118 cm³/mol. The Balaban J connectivity index is 1.69. The van der Waals surface area contributed by atoms with Gasteiger partial charge in [0.1, 0.15) is 11.4 Å². The molecule has 2 aromatic carbocycles. The number of hydrogen-bond acceptors (Lipinski definition) is 5. The lowest BCUT2D eigenvalue weighted by Gasteiger charge is -2.22. The Kier molecular flexibility index (Phi) is 5.99. The highest BCUT2D eigenvalue weighted by molar-refractivity contribution is 7.99. The van der Waals surface area contributed by atoms with E-state index < -0.39 is 11.4 Å². The minimum Gasteiger partial charge on any atom is -0.337 e. The second-order valence-electron chi connectivity index (χ2n) is 7.39. The van der Waals surface area contributed by atoms with Crippen LogP contribution in [0.3, 0.4) is 0 Å². The Morgan fingerprint density at radius 1 is 1.29 bits per heavy atom. The molecule has 31 heavy (non-hydrogen) atoms. The van der Waals surface area contributed by atoms with Crippen LogP contribution in [0.1, 0.15) is 25.7 Å². The molecule has 3 aromatic rings. The number of carbonyl (C=O) groups is 1. The molecule has 4 rings (SSSR count). The summed E-state index contributed by atoms with van der Waals surface area (Å²) in [6.45, 7) is 0. The van der Waals surface area contributed by atoms with E-state index in [4.69, 9.17) is 11.6 Å². The fourth-order valence-corrected chi connectivity index (χ4v) is 4.72. The molecule has 0 atom stereocenters. The second-order valence-corrected chi connectivity index (χ2v) is 8.74. The molecule has 9 heteroatoms. The van der Waals surface area contributed by atoms with Gasteiger partial charge in [0.2, 0.25) is 5.91 Å². The lowest BCUT2D eigenvalue weighted by molar-refractivity contribution is -0.119. The molecule has 0 spiro atoms. The Labute approximate surface area is 187 Å². The average molecular weight is 457 g/mol. The van der Waals surface area contributed by atoms with Crippen LogP contribution in [-0.4, -0.2) is 26.8 Å². The van der Waals surface area contributed by atoms with Crippen molar-refractivity contribution in [1.82, 2.24) is 14.9 Å². The topological polar surface area (TPSA) is 87.8 Å². The van der Waals surface area contributed by atoms with Crippen LogP contribution in [0.4, 0.5) is 4.39 Å². The van der Waals surface area contributed by atoms with Gasteiger partial charge in [0.25, 0.3) is 5.56 Å². The zero-order valence-corrected chi connectivity index (χ0v) is 18.0. The van der Waals surface area contributed by atoms with Crippen LogP contribution in [0, 0.1) is 17.1 Å². The van der Waals surface area contributed by atoms with Crippen molar-refractivity contribution in [3.8, 4) is 11.8 Å². The van der Waals surface area contributed by atoms with E-state index in [1.54, 1.807) is 24.3 Å². The molecule has 158 valence electrons. The minimum absolute atomic E-state index is 0.0247. The number of fused-ring (bicyclic) bond motifs is 1. The smallest absolute Gasteiger partial charge is 0.266 e. The molecule has 1 fully saturated rings. The van der Waals surface area contributed by atoms with Crippen LogP contribution in [0.2, 0.25) is 5.02 Å². The largest absolute Gasteiger partial charge is 0.337 e. The molecule has 0 bridgehead atoms. The van der Waals surface area contributed by atoms with Gasteiger partial charge < -0.3 is 5.32 Å². The van der Waals surface area contributed by atoms with Crippen molar-refractivity contribution in [1.29, 1.82) is 5.26 Å². The zero-order chi connectivity index (χ0) is 22.0. The van der Waals surface area contributed by atoms with Crippen LogP contribution in [0.5, 0.6) is 0 Å². The molecule has 1 amide bonds. The summed E-state index contributed by atoms with van der Waals surface area (Å²) in [5.41, 5.74) is -0.329. The number of hydrogen-bond donors (Lipinski definition) is 1. The van der Waals surface area contributed by atoms with Gasteiger partial charge in [0.05, 0.1) is 33.4 Å². The first kappa shape index (κ1) is 21.3. The molecule has 0 aliphatic heterocycles. The van der Waals surface area contributed by atoms with Gasteiger partial charge >= 0.3 is 0 Å². The molecular formula is C22H18ClFN4O2S. The highest BCUT2D eigenvalue weighted by Crippen LogP contribution is 2.29. The monoisotopic (exact) mass is 456 g/mol. The summed E-state index contributed by atoms with van der Waals surface area (Å²) < 4.78 is 15.0. The van der Waals surface area contributed by atoms with Crippen molar-refractivity contribution in [3.05, 3.63) is 63.7 Å². The number of halogens is 2. The fourth-order valence-electron chi connectivity index (χ4n) is 3.74. The molecule has 1 aliphatic rings. The van der Waals surface area contributed by atoms with Crippen LogP contribution in [0.25, 0.3) is 16.6 Å². The molecule has 6 nitrogen and oxygen atoms in total. The fraction of sp³-hybridized carbons (Fsp3) is 0.273. The number of nitriles is 1. The maximum absolute atomic E-state index is 13.7. The third-order valence-electron chi connectivity index (χ3n) is 5.29. The van der Waals surface area contributed by atoms with E-state index in [1.807, 2.05) is 0 Å². The number of carbonyl (C=O) groups excluding carboxylic acids is 1. The summed E-state index contributed by atoms with van der Waals surface area (Å²) in [6.07, 6.45) is 3.07. The molecule has 1 heterocycles. The standard InChI is InChI=1S/C22H18ClFN4O2S/c23-16-11-14(7-8-17(16)24)28-20(30)15-5-1-2-6-18(15)26-21(28)31-12-19(29)27-22(13-25)9-3-4-10-22/h1-2,5-8,11H,3-4,9-10,12H2,(H,27,29). The number of nitrogens with one attached hydrogen (secondary N) is 1. The third kappa shape index (κ3) is 4.29. The summed E-state index contributed by atoms with van der Waals surface area (Å²) in [5.74, 6) is -0.929. The molecule has 1 aliphatic carbocycles. The first-order valence-corrected chi connectivity index (χ1v) is 11.1. The summed E-state index contributed by atoms with van der Waals surface area (Å²) >= 11 is 7.00. The van der Waals surface area contributed by atoms with E-state index in [1.165, 1.54) is 22.8 Å². The van der Waals surface area contributed by atoms with Gasteiger partial charge in [-0.3, -0.25) is 14.2 Å². The minimum atomic E-state index is -0.821. The van der Waals surface area contributed by atoms with E-state index in [0.717, 1.165) is 24.6 Å². The third-order valence-corrected chi connectivity index (χ3v) is 6.52. The van der Waals surface area contributed by atoms with E-state index in [2.05, 4.69) is 16.4 Å². The normalized spacial score (nSPS) is 15.0.